The van der Waals surface area contributed by atoms with E-state index in [0.29, 0.717) is 18.9 Å². The molecule has 1 saturated heterocycles. The molecule has 0 N–H and O–H groups in total. The highest BCUT2D eigenvalue weighted by Gasteiger charge is 2.28. The van der Waals surface area contributed by atoms with E-state index in [9.17, 15) is 13.6 Å². The fraction of sp³-hybridized carbons (Fsp3) is 0.261. The van der Waals surface area contributed by atoms with Crippen LogP contribution in [0.25, 0.3) is 11.4 Å². The van der Waals surface area contributed by atoms with Crippen molar-refractivity contribution in [1.82, 2.24) is 14.9 Å². The van der Waals surface area contributed by atoms with E-state index in [1.54, 1.807) is 11.1 Å². The minimum absolute atomic E-state index is 0.0442. The molecule has 6 heteroatoms. The van der Waals surface area contributed by atoms with Gasteiger partial charge in [0.25, 0.3) is 5.91 Å². The Morgan fingerprint density at radius 3 is 2.79 bits per heavy atom. The molecule has 1 fully saturated rings. The van der Waals surface area contributed by atoms with E-state index < -0.39 is 17.5 Å². The SMILES string of the molecule is Cc1cccc(-c2nccc([C@H]3CCCN(C(=O)c4ccc(F)cc4F)C3)n2)c1. The van der Waals surface area contributed by atoms with Crippen LogP contribution < -0.4 is 0 Å². The summed E-state index contributed by atoms with van der Waals surface area (Å²) < 4.78 is 27.2. The highest BCUT2D eigenvalue weighted by Crippen LogP contribution is 2.28. The summed E-state index contributed by atoms with van der Waals surface area (Å²) in [6.45, 7) is 3.01. The maximum atomic E-state index is 14.0. The fourth-order valence-corrected chi connectivity index (χ4v) is 3.76. The number of amides is 1. The Morgan fingerprint density at radius 1 is 1.14 bits per heavy atom. The van der Waals surface area contributed by atoms with Gasteiger partial charge in [0, 0.05) is 42.5 Å². The molecule has 29 heavy (non-hydrogen) atoms. The molecule has 0 bridgehead atoms. The second kappa shape index (κ2) is 8.07. The lowest BCUT2D eigenvalue weighted by molar-refractivity contribution is 0.0701. The molecule has 1 aliphatic heterocycles. The first kappa shape index (κ1) is 19.2. The second-order valence-electron chi connectivity index (χ2n) is 7.39. The molecule has 2 heterocycles. The summed E-state index contributed by atoms with van der Waals surface area (Å²) in [6.07, 6.45) is 3.42. The number of likely N-dealkylation sites (tertiary alicyclic amines) is 1. The minimum Gasteiger partial charge on any atom is -0.338 e. The highest BCUT2D eigenvalue weighted by atomic mass is 19.1. The first-order chi connectivity index (χ1) is 14.0. The van der Waals surface area contributed by atoms with Crippen LogP contribution in [0.3, 0.4) is 0 Å². The van der Waals surface area contributed by atoms with Gasteiger partial charge in [-0.15, -0.1) is 0 Å². The largest absolute Gasteiger partial charge is 0.338 e. The number of carbonyl (C=O) groups excluding carboxylic acids is 1. The summed E-state index contributed by atoms with van der Waals surface area (Å²) in [5.74, 6) is -1.25. The van der Waals surface area contributed by atoms with Crippen LogP contribution in [0.2, 0.25) is 0 Å². The van der Waals surface area contributed by atoms with Gasteiger partial charge in [-0.25, -0.2) is 18.7 Å². The van der Waals surface area contributed by atoms with Crippen molar-refractivity contribution in [2.75, 3.05) is 13.1 Å². The number of benzene rings is 2. The zero-order valence-electron chi connectivity index (χ0n) is 16.1. The number of rotatable bonds is 3. The number of halogens is 2. The van der Waals surface area contributed by atoms with Crippen molar-refractivity contribution in [2.45, 2.75) is 25.7 Å². The molecule has 148 valence electrons. The number of piperidine rings is 1. The van der Waals surface area contributed by atoms with Crippen LogP contribution in [0.4, 0.5) is 8.78 Å². The van der Waals surface area contributed by atoms with E-state index in [-0.39, 0.29) is 11.5 Å². The van der Waals surface area contributed by atoms with E-state index in [2.05, 4.69) is 4.98 Å². The molecule has 4 nitrogen and oxygen atoms in total. The molecular weight excluding hydrogens is 372 g/mol. The maximum absolute atomic E-state index is 14.0. The summed E-state index contributed by atoms with van der Waals surface area (Å²) in [7, 11) is 0. The first-order valence-electron chi connectivity index (χ1n) is 9.65. The number of nitrogens with zero attached hydrogens (tertiary/aromatic N) is 3. The van der Waals surface area contributed by atoms with Crippen molar-refractivity contribution >= 4 is 5.91 Å². The number of aromatic nitrogens is 2. The second-order valence-corrected chi connectivity index (χ2v) is 7.39. The Labute approximate surface area is 168 Å². The molecular formula is C23H21F2N3O. The van der Waals surface area contributed by atoms with Crippen LogP contribution in [0.1, 0.15) is 40.4 Å². The molecule has 0 aliphatic carbocycles. The van der Waals surface area contributed by atoms with Gasteiger partial charge in [0.15, 0.2) is 5.82 Å². The molecule has 1 aromatic heterocycles. The van der Waals surface area contributed by atoms with E-state index in [4.69, 9.17) is 4.98 Å². The third-order valence-electron chi connectivity index (χ3n) is 5.24. The maximum Gasteiger partial charge on any atom is 0.256 e. The van der Waals surface area contributed by atoms with Crippen LogP contribution in [-0.2, 0) is 0 Å². The topological polar surface area (TPSA) is 46.1 Å². The number of hydrogen-bond donors (Lipinski definition) is 0. The standard InChI is InChI=1S/C23H21F2N3O/c1-15-4-2-5-16(12-15)22-26-10-9-21(27-22)17-6-3-11-28(14-17)23(29)19-8-7-18(24)13-20(19)25/h2,4-5,7-10,12-13,17H,3,6,11,14H2,1H3/t17-/m0/s1. The molecule has 1 aliphatic rings. The molecule has 0 saturated carbocycles. The predicted octanol–water partition coefficient (Wildman–Crippen LogP) is 4.75. The van der Waals surface area contributed by atoms with Gasteiger partial charge in [0.05, 0.1) is 5.56 Å². The molecule has 4 rings (SSSR count). The smallest absolute Gasteiger partial charge is 0.256 e. The van der Waals surface area contributed by atoms with E-state index >= 15 is 0 Å². The van der Waals surface area contributed by atoms with E-state index in [1.807, 2.05) is 37.3 Å². The minimum atomic E-state index is -0.833. The summed E-state index contributed by atoms with van der Waals surface area (Å²) >= 11 is 0. The van der Waals surface area contributed by atoms with Crippen molar-refractivity contribution < 1.29 is 13.6 Å². The average Bonchev–Trinajstić information content (AvgIpc) is 2.73. The molecule has 0 spiro atoms. The summed E-state index contributed by atoms with van der Waals surface area (Å²) in [4.78, 5) is 23.5. The molecule has 1 amide bonds. The van der Waals surface area contributed by atoms with Crippen LogP contribution in [-0.4, -0.2) is 33.9 Å². The van der Waals surface area contributed by atoms with Crippen molar-refractivity contribution in [1.29, 1.82) is 0 Å². The number of aryl methyl sites for hydroxylation is 1. The zero-order valence-corrected chi connectivity index (χ0v) is 16.1. The lowest BCUT2D eigenvalue weighted by Gasteiger charge is -2.32. The molecule has 1 atom stereocenters. The van der Waals surface area contributed by atoms with Crippen molar-refractivity contribution in [3.63, 3.8) is 0 Å². The van der Waals surface area contributed by atoms with E-state index in [1.165, 1.54) is 6.07 Å². The third kappa shape index (κ3) is 4.16. The Balaban J connectivity index is 1.56. The van der Waals surface area contributed by atoms with Crippen molar-refractivity contribution in [3.8, 4) is 11.4 Å². The van der Waals surface area contributed by atoms with Gasteiger partial charge in [-0.2, -0.15) is 0 Å². The average molecular weight is 393 g/mol. The van der Waals surface area contributed by atoms with Gasteiger partial charge in [0.1, 0.15) is 11.6 Å². The van der Waals surface area contributed by atoms with Crippen molar-refractivity contribution in [2.24, 2.45) is 0 Å². The summed E-state index contributed by atoms with van der Waals surface area (Å²) in [6, 6.07) is 12.9. The molecule has 3 aromatic rings. The van der Waals surface area contributed by atoms with Crippen molar-refractivity contribution in [3.05, 3.63) is 83.2 Å². The van der Waals surface area contributed by atoms with Crippen LogP contribution in [0.5, 0.6) is 0 Å². The zero-order chi connectivity index (χ0) is 20.4. The summed E-state index contributed by atoms with van der Waals surface area (Å²) in [5, 5.41) is 0. The Hall–Kier alpha value is -3.15. The quantitative estimate of drug-likeness (QED) is 0.645. The lowest BCUT2D eigenvalue weighted by atomic mass is 9.94. The fourth-order valence-electron chi connectivity index (χ4n) is 3.76. The Morgan fingerprint density at radius 2 is 2.00 bits per heavy atom. The normalized spacial score (nSPS) is 16.7. The Bertz CT molecular complexity index is 1050. The van der Waals surface area contributed by atoms with Gasteiger partial charge in [-0.3, -0.25) is 4.79 Å². The molecule has 2 aromatic carbocycles. The predicted molar refractivity (Wildman–Crippen MR) is 106 cm³/mol. The number of carbonyl (C=O) groups is 1. The van der Waals surface area contributed by atoms with Crippen LogP contribution in [0, 0.1) is 18.6 Å². The Kier molecular flexibility index (Phi) is 5.34. The van der Waals surface area contributed by atoms with E-state index in [0.717, 1.165) is 41.8 Å². The third-order valence-corrected chi connectivity index (χ3v) is 5.24. The number of hydrogen-bond acceptors (Lipinski definition) is 3. The van der Waals surface area contributed by atoms with Gasteiger partial charge in [0.2, 0.25) is 0 Å². The van der Waals surface area contributed by atoms with Gasteiger partial charge >= 0.3 is 0 Å². The lowest BCUT2D eigenvalue weighted by Crippen LogP contribution is -2.39. The van der Waals surface area contributed by atoms with Gasteiger partial charge in [-0.05, 0) is 44.0 Å². The monoisotopic (exact) mass is 393 g/mol. The summed E-state index contributed by atoms with van der Waals surface area (Å²) in [5.41, 5.74) is 2.85. The highest BCUT2D eigenvalue weighted by molar-refractivity contribution is 5.94. The van der Waals surface area contributed by atoms with Crippen LogP contribution >= 0.6 is 0 Å². The molecule has 0 radical (unpaired) electrons. The van der Waals surface area contributed by atoms with Gasteiger partial charge in [-0.1, -0.05) is 23.8 Å². The van der Waals surface area contributed by atoms with Crippen LogP contribution in [0.15, 0.2) is 54.7 Å². The van der Waals surface area contributed by atoms with Gasteiger partial charge < -0.3 is 4.90 Å². The first-order valence-corrected chi connectivity index (χ1v) is 9.65. The molecule has 0 unspecified atom stereocenters.